The van der Waals surface area contributed by atoms with Crippen LogP contribution in [0.3, 0.4) is 0 Å². The topological polar surface area (TPSA) is 70.2 Å². The molecule has 1 aromatic rings. The maximum Gasteiger partial charge on any atom is 0.251 e. The van der Waals surface area contributed by atoms with Crippen molar-refractivity contribution < 1.29 is 9.59 Å². The van der Waals surface area contributed by atoms with Crippen LogP contribution in [0.4, 0.5) is 5.69 Å². The molecule has 116 valence electrons. The van der Waals surface area contributed by atoms with Gasteiger partial charge >= 0.3 is 0 Å². The van der Waals surface area contributed by atoms with Crippen molar-refractivity contribution in [2.45, 2.75) is 32.2 Å². The monoisotopic (exact) mass is 311 g/mol. The molecule has 1 heterocycles. The van der Waals surface area contributed by atoms with Gasteiger partial charge in [-0.15, -0.1) is 12.4 Å². The minimum absolute atomic E-state index is 0. The summed E-state index contributed by atoms with van der Waals surface area (Å²) >= 11 is 0. The highest BCUT2D eigenvalue weighted by Crippen LogP contribution is 2.18. The van der Waals surface area contributed by atoms with E-state index in [0.29, 0.717) is 17.7 Å². The molecule has 0 aliphatic carbocycles. The van der Waals surface area contributed by atoms with Gasteiger partial charge in [0.1, 0.15) is 0 Å². The summed E-state index contributed by atoms with van der Waals surface area (Å²) in [5.74, 6) is -0.167. The summed E-state index contributed by atoms with van der Waals surface area (Å²) in [5.41, 5.74) is 2.20. The maximum atomic E-state index is 12.0. The summed E-state index contributed by atoms with van der Waals surface area (Å²) in [6.45, 7) is 2.90. The quantitative estimate of drug-likeness (QED) is 0.795. The molecule has 1 aliphatic heterocycles. The third-order valence-corrected chi connectivity index (χ3v) is 3.60. The van der Waals surface area contributed by atoms with Gasteiger partial charge in [-0.1, -0.05) is 6.07 Å². The lowest BCUT2D eigenvalue weighted by atomic mass is 10.1. The molecule has 1 fully saturated rings. The number of anilines is 1. The number of carbonyl (C=O) groups is 2. The van der Waals surface area contributed by atoms with E-state index in [0.717, 1.165) is 24.9 Å². The van der Waals surface area contributed by atoms with Gasteiger partial charge in [0.2, 0.25) is 5.91 Å². The Balaban J connectivity index is 0.00000220. The summed E-state index contributed by atoms with van der Waals surface area (Å²) in [7, 11) is 1.59. The summed E-state index contributed by atoms with van der Waals surface area (Å²) in [6.07, 6.45) is 2.65. The number of halogens is 1. The minimum atomic E-state index is -0.155. The molecule has 1 aromatic carbocycles. The van der Waals surface area contributed by atoms with Gasteiger partial charge < -0.3 is 16.0 Å². The number of hydrogen-bond donors (Lipinski definition) is 3. The highest BCUT2D eigenvalue weighted by Gasteiger charge is 2.18. The van der Waals surface area contributed by atoms with Crippen molar-refractivity contribution in [3.63, 3.8) is 0 Å². The molecule has 1 atom stereocenters. The predicted octanol–water partition coefficient (Wildman–Crippen LogP) is 1.86. The third kappa shape index (κ3) is 4.72. The number of amides is 2. The number of benzene rings is 1. The average molecular weight is 312 g/mol. The SMILES string of the molecule is CNC(=O)c1ccc(C)c(NC(=O)CC2CCCN2)c1.Cl. The molecular formula is C15H22ClN3O2. The Morgan fingerprint density at radius 3 is 2.76 bits per heavy atom. The van der Waals surface area contributed by atoms with E-state index in [1.807, 2.05) is 13.0 Å². The van der Waals surface area contributed by atoms with Gasteiger partial charge in [0.15, 0.2) is 0 Å². The van der Waals surface area contributed by atoms with Crippen LogP contribution >= 0.6 is 12.4 Å². The highest BCUT2D eigenvalue weighted by atomic mass is 35.5. The Morgan fingerprint density at radius 1 is 1.38 bits per heavy atom. The first-order valence-corrected chi connectivity index (χ1v) is 6.96. The molecule has 2 amide bonds. The van der Waals surface area contributed by atoms with Crippen LogP contribution in [-0.4, -0.2) is 31.4 Å². The molecule has 2 rings (SSSR count). The van der Waals surface area contributed by atoms with Gasteiger partial charge in [0.25, 0.3) is 5.91 Å². The summed E-state index contributed by atoms with van der Waals surface area (Å²) < 4.78 is 0. The van der Waals surface area contributed by atoms with E-state index in [-0.39, 0.29) is 30.3 Å². The average Bonchev–Trinajstić information content (AvgIpc) is 2.93. The molecule has 0 bridgehead atoms. The van der Waals surface area contributed by atoms with Gasteiger partial charge in [-0.2, -0.15) is 0 Å². The van der Waals surface area contributed by atoms with E-state index in [1.165, 1.54) is 0 Å². The molecule has 3 N–H and O–H groups in total. The molecule has 1 saturated heterocycles. The zero-order valence-electron chi connectivity index (χ0n) is 12.4. The fourth-order valence-corrected chi connectivity index (χ4v) is 2.40. The third-order valence-electron chi connectivity index (χ3n) is 3.60. The number of aryl methyl sites for hydroxylation is 1. The first kappa shape index (κ1) is 17.5. The normalized spacial score (nSPS) is 17.0. The molecule has 0 aromatic heterocycles. The molecule has 1 aliphatic rings. The van der Waals surface area contributed by atoms with Crippen LogP contribution in [0.1, 0.15) is 35.2 Å². The smallest absolute Gasteiger partial charge is 0.251 e. The van der Waals surface area contributed by atoms with Crippen LogP contribution in [0.5, 0.6) is 0 Å². The van der Waals surface area contributed by atoms with E-state index >= 15 is 0 Å². The predicted molar refractivity (Wildman–Crippen MR) is 86.1 cm³/mol. The standard InChI is InChI=1S/C15H21N3O2.ClH/c1-10-5-6-11(15(20)16-2)8-13(10)18-14(19)9-12-4-3-7-17-12;/h5-6,8,12,17H,3-4,7,9H2,1-2H3,(H,16,20)(H,18,19);1H. The van der Waals surface area contributed by atoms with Crippen molar-refractivity contribution in [2.24, 2.45) is 0 Å². The zero-order valence-corrected chi connectivity index (χ0v) is 13.2. The maximum absolute atomic E-state index is 12.0. The van der Waals surface area contributed by atoms with Gasteiger partial charge in [0.05, 0.1) is 0 Å². The summed E-state index contributed by atoms with van der Waals surface area (Å²) in [5, 5.41) is 8.78. The van der Waals surface area contributed by atoms with Crippen LogP contribution in [0.25, 0.3) is 0 Å². The molecule has 1 unspecified atom stereocenters. The Labute approximate surface area is 131 Å². The van der Waals surface area contributed by atoms with Gasteiger partial charge in [-0.05, 0) is 44.0 Å². The summed E-state index contributed by atoms with van der Waals surface area (Å²) in [6, 6.07) is 5.59. The lowest BCUT2D eigenvalue weighted by Gasteiger charge is -2.13. The molecule has 5 nitrogen and oxygen atoms in total. The first-order chi connectivity index (χ1) is 9.60. The van der Waals surface area contributed by atoms with E-state index < -0.39 is 0 Å². The van der Waals surface area contributed by atoms with E-state index in [4.69, 9.17) is 0 Å². The van der Waals surface area contributed by atoms with E-state index in [1.54, 1.807) is 19.2 Å². The lowest BCUT2D eigenvalue weighted by Crippen LogP contribution is -2.27. The zero-order chi connectivity index (χ0) is 14.5. The first-order valence-electron chi connectivity index (χ1n) is 6.96. The second-order valence-corrected chi connectivity index (χ2v) is 5.15. The number of hydrogen-bond acceptors (Lipinski definition) is 3. The highest BCUT2D eigenvalue weighted by molar-refractivity contribution is 5.97. The van der Waals surface area contributed by atoms with Crippen LogP contribution in [0, 0.1) is 6.92 Å². The molecule has 6 heteroatoms. The second kappa shape index (κ2) is 8.00. The van der Waals surface area contributed by atoms with Crippen LogP contribution in [0.2, 0.25) is 0 Å². The van der Waals surface area contributed by atoms with E-state index in [2.05, 4.69) is 16.0 Å². The van der Waals surface area contributed by atoms with Gasteiger partial charge in [-0.25, -0.2) is 0 Å². The Bertz CT molecular complexity index is 514. The Morgan fingerprint density at radius 2 is 2.14 bits per heavy atom. The van der Waals surface area contributed by atoms with Crippen molar-refractivity contribution in [3.8, 4) is 0 Å². The van der Waals surface area contributed by atoms with Gasteiger partial charge in [0, 0.05) is 30.8 Å². The van der Waals surface area contributed by atoms with Crippen molar-refractivity contribution in [1.29, 1.82) is 0 Å². The fourth-order valence-electron chi connectivity index (χ4n) is 2.40. The van der Waals surface area contributed by atoms with Crippen LogP contribution in [-0.2, 0) is 4.79 Å². The number of rotatable bonds is 4. The van der Waals surface area contributed by atoms with Crippen molar-refractivity contribution >= 4 is 29.9 Å². The Hall–Kier alpha value is -1.59. The Kier molecular flexibility index (Phi) is 6.65. The van der Waals surface area contributed by atoms with E-state index in [9.17, 15) is 9.59 Å². The molecule has 0 radical (unpaired) electrons. The van der Waals surface area contributed by atoms with Crippen molar-refractivity contribution in [2.75, 3.05) is 18.9 Å². The molecular weight excluding hydrogens is 290 g/mol. The second-order valence-electron chi connectivity index (χ2n) is 5.15. The lowest BCUT2D eigenvalue weighted by molar-refractivity contribution is -0.116. The van der Waals surface area contributed by atoms with Crippen LogP contribution < -0.4 is 16.0 Å². The number of carbonyl (C=O) groups excluding carboxylic acids is 2. The van der Waals surface area contributed by atoms with Crippen molar-refractivity contribution in [3.05, 3.63) is 29.3 Å². The summed E-state index contributed by atoms with van der Waals surface area (Å²) in [4.78, 5) is 23.6. The molecule has 0 spiro atoms. The van der Waals surface area contributed by atoms with Crippen LogP contribution in [0.15, 0.2) is 18.2 Å². The fraction of sp³-hybridized carbons (Fsp3) is 0.467. The minimum Gasteiger partial charge on any atom is -0.355 e. The van der Waals surface area contributed by atoms with Crippen molar-refractivity contribution in [1.82, 2.24) is 10.6 Å². The number of nitrogens with one attached hydrogen (secondary N) is 3. The molecule has 0 saturated carbocycles. The largest absolute Gasteiger partial charge is 0.355 e. The molecule has 21 heavy (non-hydrogen) atoms. The van der Waals surface area contributed by atoms with Gasteiger partial charge in [-0.3, -0.25) is 9.59 Å².